The van der Waals surface area contributed by atoms with Crippen molar-refractivity contribution in [2.24, 2.45) is 0 Å². The second kappa shape index (κ2) is 10.2. The minimum absolute atomic E-state index is 0.257. The Kier molecular flexibility index (Phi) is 7.90. The molecule has 2 aromatic rings. The number of aryl methyl sites for hydroxylation is 1. The summed E-state index contributed by atoms with van der Waals surface area (Å²) in [5.74, 6) is 1.02. The zero-order valence-corrected chi connectivity index (χ0v) is 18.0. The van der Waals surface area contributed by atoms with Gasteiger partial charge in [0.15, 0.2) is 0 Å². The number of sulfonamides is 1. The van der Waals surface area contributed by atoms with Gasteiger partial charge in [0, 0.05) is 0 Å². The van der Waals surface area contributed by atoms with Crippen LogP contribution in [0, 0.1) is 6.92 Å². The van der Waals surface area contributed by atoms with E-state index < -0.39 is 16.1 Å². The Balaban J connectivity index is 2.00. The zero-order chi connectivity index (χ0) is 21.4. The summed E-state index contributed by atoms with van der Waals surface area (Å²) in [5.41, 5.74) is 1.48. The van der Waals surface area contributed by atoms with Crippen LogP contribution in [-0.4, -0.2) is 46.9 Å². The lowest BCUT2D eigenvalue weighted by Gasteiger charge is -2.30. The molecule has 0 spiro atoms. The average Bonchev–Trinajstić information content (AvgIpc) is 2.69. The number of benzene rings is 2. The van der Waals surface area contributed by atoms with Gasteiger partial charge in [-0.1, -0.05) is 24.6 Å². The fourth-order valence-corrected chi connectivity index (χ4v) is 4.10. The molecule has 0 aromatic heterocycles. The van der Waals surface area contributed by atoms with Crippen LogP contribution >= 0.6 is 0 Å². The maximum Gasteiger partial charge on any atom is 0.244 e. The summed E-state index contributed by atoms with van der Waals surface area (Å²) in [7, 11) is -2.05. The smallest absolute Gasteiger partial charge is 0.244 e. The molecule has 0 saturated carbocycles. The van der Waals surface area contributed by atoms with E-state index in [-0.39, 0.29) is 19.1 Å². The van der Waals surface area contributed by atoms with Crippen molar-refractivity contribution in [1.82, 2.24) is 5.32 Å². The highest BCUT2D eigenvalue weighted by molar-refractivity contribution is 7.92. The van der Waals surface area contributed by atoms with E-state index in [0.717, 1.165) is 17.6 Å². The number of carbonyl (C=O) groups is 1. The highest BCUT2D eigenvalue weighted by atomic mass is 32.2. The van der Waals surface area contributed by atoms with Crippen LogP contribution in [-0.2, 0) is 14.8 Å². The normalized spacial score (nSPS) is 12.1. The SMILES string of the molecule is CC[C@H](C(=O)NCCOc1ccc(OC)cc1)N(c1ccc(C)cc1)S(C)(=O)=O. The maximum atomic E-state index is 12.7. The van der Waals surface area contributed by atoms with E-state index in [4.69, 9.17) is 9.47 Å². The Hall–Kier alpha value is -2.74. The van der Waals surface area contributed by atoms with Crippen molar-refractivity contribution >= 4 is 21.6 Å². The van der Waals surface area contributed by atoms with Crippen LogP contribution in [0.25, 0.3) is 0 Å². The second-order valence-corrected chi connectivity index (χ2v) is 8.49. The van der Waals surface area contributed by atoms with Gasteiger partial charge in [0.1, 0.15) is 24.1 Å². The quantitative estimate of drug-likeness (QED) is 0.598. The number of ether oxygens (including phenoxy) is 2. The summed E-state index contributed by atoms with van der Waals surface area (Å²) >= 11 is 0. The molecule has 158 valence electrons. The lowest BCUT2D eigenvalue weighted by Crippen LogP contribution is -2.50. The summed E-state index contributed by atoms with van der Waals surface area (Å²) in [5, 5.41) is 2.77. The van der Waals surface area contributed by atoms with Gasteiger partial charge in [0.2, 0.25) is 15.9 Å². The summed E-state index contributed by atoms with van der Waals surface area (Å²) in [6, 6.07) is 13.3. The summed E-state index contributed by atoms with van der Waals surface area (Å²) < 4.78 is 36.7. The summed E-state index contributed by atoms with van der Waals surface area (Å²) in [6.45, 7) is 4.22. The van der Waals surface area contributed by atoms with E-state index >= 15 is 0 Å². The number of nitrogens with zero attached hydrogens (tertiary/aromatic N) is 1. The fraction of sp³-hybridized carbons (Fsp3) is 0.381. The monoisotopic (exact) mass is 420 g/mol. The van der Waals surface area contributed by atoms with Crippen LogP contribution in [0.3, 0.4) is 0 Å². The molecule has 1 N–H and O–H groups in total. The van der Waals surface area contributed by atoms with E-state index in [1.54, 1.807) is 50.4 Å². The molecule has 7 nitrogen and oxygen atoms in total. The second-order valence-electron chi connectivity index (χ2n) is 6.63. The first-order valence-electron chi connectivity index (χ1n) is 9.37. The molecule has 0 saturated heterocycles. The predicted octanol–water partition coefficient (Wildman–Crippen LogP) is 2.74. The molecule has 0 bridgehead atoms. The van der Waals surface area contributed by atoms with Crippen molar-refractivity contribution in [3.8, 4) is 11.5 Å². The maximum absolute atomic E-state index is 12.7. The highest BCUT2D eigenvalue weighted by Gasteiger charge is 2.31. The first-order valence-corrected chi connectivity index (χ1v) is 11.2. The number of anilines is 1. The molecule has 29 heavy (non-hydrogen) atoms. The third-order valence-electron chi connectivity index (χ3n) is 4.35. The van der Waals surface area contributed by atoms with Gasteiger partial charge in [-0.05, 0) is 49.7 Å². The largest absolute Gasteiger partial charge is 0.497 e. The standard InChI is InChI=1S/C21H28N2O5S/c1-5-20(23(29(4,25)26)17-8-6-16(2)7-9-17)21(24)22-14-15-28-19-12-10-18(27-3)11-13-19/h6-13,20H,5,14-15H2,1-4H3,(H,22,24)/t20-/m1/s1. The molecule has 0 aliphatic heterocycles. The highest BCUT2D eigenvalue weighted by Crippen LogP contribution is 2.23. The minimum Gasteiger partial charge on any atom is -0.497 e. The van der Waals surface area contributed by atoms with Crippen molar-refractivity contribution in [3.63, 3.8) is 0 Å². The first-order chi connectivity index (χ1) is 13.8. The van der Waals surface area contributed by atoms with Gasteiger partial charge in [0.25, 0.3) is 0 Å². The molecule has 1 atom stereocenters. The molecule has 1 amide bonds. The van der Waals surface area contributed by atoms with E-state index in [1.807, 2.05) is 19.1 Å². The van der Waals surface area contributed by atoms with Crippen LogP contribution < -0.4 is 19.1 Å². The molecule has 0 radical (unpaired) electrons. The van der Waals surface area contributed by atoms with Crippen LogP contribution in [0.5, 0.6) is 11.5 Å². The fourth-order valence-electron chi connectivity index (χ4n) is 2.88. The van der Waals surface area contributed by atoms with Crippen molar-refractivity contribution in [1.29, 1.82) is 0 Å². The Morgan fingerprint density at radius 3 is 2.17 bits per heavy atom. The van der Waals surface area contributed by atoms with E-state index in [2.05, 4.69) is 5.32 Å². The first kappa shape index (κ1) is 22.5. The number of rotatable bonds is 10. The van der Waals surface area contributed by atoms with Crippen molar-refractivity contribution < 1.29 is 22.7 Å². The average molecular weight is 421 g/mol. The Morgan fingerprint density at radius 1 is 1.07 bits per heavy atom. The number of hydrogen-bond donors (Lipinski definition) is 1. The van der Waals surface area contributed by atoms with Gasteiger partial charge in [-0.25, -0.2) is 8.42 Å². The van der Waals surface area contributed by atoms with Crippen molar-refractivity contribution in [2.45, 2.75) is 26.3 Å². The van der Waals surface area contributed by atoms with Gasteiger partial charge >= 0.3 is 0 Å². The third kappa shape index (κ3) is 6.39. The van der Waals surface area contributed by atoms with Crippen LogP contribution in [0.15, 0.2) is 48.5 Å². The van der Waals surface area contributed by atoms with Crippen LogP contribution in [0.1, 0.15) is 18.9 Å². The molecule has 0 aliphatic carbocycles. The number of amides is 1. The van der Waals surface area contributed by atoms with Gasteiger partial charge in [-0.15, -0.1) is 0 Å². The third-order valence-corrected chi connectivity index (χ3v) is 5.53. The molecule has 0 unspecified atom stereocenters. The van der Waals surface area contributed by atoms with E-state index in [0.29, 0.717) is 17.9 Å². The van der Waals surface area contributed by atoms with Gasteiger partial charge in [-0.2, -0.15) is 0 Å². The van der Waals surface area contributed by atoms with Gasteiger partial charge in [0.05, 0.1) is 25.6 Å². The molecule has 0 heterocycles. The summed E-state index contributed by atoms with van der Waals surface area (Å²) in [4.78, 5) is 12.7. The Morgan fingerprint density at radius 2 is 1.66 bits per heavy atom. The molecule has 2 rings (SSSR count). The number of methoxy groups -OCH3 is 1. The van der Waals surface area contributed by atoms with E-state index in [1.165, 1.54) is 4.31 Å². The molecule has 8 heteroatoms. The van der Waals surface area contributed by atoms with Gasteiger partial charge < -0.3 is 14.8 Å². The lowest BCUT2D eigenvalue weighted by atomic mass is 10.1. The molecule has 0 fully saturated rings. The number of hydrogen-bond acceptors (Lipinski definition) is 5. The van der Waals surface area contributed by atoms with Crippen molar-refractivity contribution in [2.75, 3.05) is 30.8 Å². The van der Waals surface area contributed by atoms with Crippen LogP contribution in [0.2, 0.25) is 0 Å². The van der Waals surface area contributed by atoms with Crippen LogP contribution in [0.4, 0.5) is 5.69 Å². The minimum atomic E-state index is -3.64. The molecular formula is C21H28N2O5S. The zero-order valence-electron chi connectivity index (χ0n) is 17.2. The molecule has 2 aromatic carbocycles. The predicted molar refractivity (Wildman–Crippen MR) is 114 cm³/mol. The van der Waals surface area contributed by atoms with Gasteiger partial charge in [-0.3, -0.25) is 9.10 Å². The summed E-state index contributed by atoms with van der Waals surface area (Å²) in [6.07, 6.45) is 1.45. The van der Waals surface area contributed by atoms with Crippen molar-refractivity contribution in [3.05, 3.63) is 54.1 Å². The Labute approximate surface area is 172 Å². The Bertz CT molecular complexity index is 896. The topological polar surface area (TPSA) is 84.9 Å². The molecule has 0 aliphatic rings. The number of carbonyl (C=O) groups excluding carboxylic acids is 1. The van der Waals surface area contributed by atoms with E-state index in [9.17, 15) is 13.2 Å². The number of nitrogens with one attached hydrogen (secondary N) is 1. The molecular weight excluding hydrogens is 392 g/mol. The lowest BCUT2D eigenvalue weighted by molar-refractivity contribution is -0.122.